The Labute approximate surface area is 203 Å². The molecule has 2 fully saturated rings. The average molecular weight is 483 g/mol. The molecule has 3 aliphatic rings. The highest BCUT2D eigenvalue weighted by atomic mass is 32.1. The van der Waals surface area contributed by atoms with Gasteiger partial charge < -0.3 is 4.74 Å². The molecule has 34 heavy (non-hydrogen) atoms. The van der Waals surface area contributed by atoms with Crippen molar-refractivity contribution in [3.05, 3.63) is 44.9 Å². The number of carbonyl (C=O) groups is 3. The van der Waals surface area contributed by atoms with E-state index in [0.29, 0.717) is 43.2 Å². The lowest BCUT2D eigenvalue weighted by molar-refractivity contribution is -0.163. The number of hydrazine groups is 1. The van der Waals surface area contributed by atoms with Crippen molar-refractivity contribution in [3.63, 3.8) is 0 Å². The van der Waals surface area contributed by atoms with Gasteiger partial charge in [0.1, 0.15) is 12.4 Å². The van der Waals surface area contributed by atoms with Crippen molar-refractivity contribution in [1.82, 2.24) is 19.9 Å². The molecule has 1 aromatic heterocycles. The van der Waals surface area contributed by atoms with E-state index in [1.807, 2.05) is 12.1 Å². The second-order valence-corrected chi connectivity index (χ2v) is 10.6. The predicted octanol–water partition coefficient (Wildman–Crippen LogP) is 3.60. The van der Waals surface area contributed by atoms with Gasteiger partial charge in [-0.1, -0.05) is 6.42 Å². The Bertz CT molecular complexity index is 1110. The zero-order valence-corrected chi connectivity index (χ0v) is 20.5. The maximum Gasteiger partial charge on any atom is 0.273 e. The largest absolute Gasteiger partial charge is 0.492 e. The van der Waals surface area contributed by atoms with E-state index in [1.54, 1.807) is 17.4 Å². The lowest BCUT2D eigenvalue weighted by Gasteiger charge is -2.35. The summed E-state index contributed by atoms with van der Waals surface area (Å²) in [7, 11) is 0. The number of nitrogens with zero attached hydrogens (tertiary/aromatic N) is 4. The first-order chi connectivity index (χ1) is 16.4. The number of piperidine rings is 2. The van der Waals surface area contributed by atoms with E-state index >= 15 is 0 Å². The first kappa shape index (κ1) is 23.0. The van der Waals surface area contributed by atoms with Gasteiger partial charge in [0.15, 0.2) is 0 Å². The van der Waals surface area contributed by atoms with Crippen LogP contribution in [-0.4, -0.2) is 56.8 Å². The maximum absolute atomic E-state index is 12.9. The van der Waals surface area contributed by atoms with Gasteiger partial charge in [-0.15, -0.1) is 11.3 Å². The van der Waals surface area contributed by atoms with Gasteiger partial charge in [0.25, 0.3) is 5.91 Å². The van der Waals surface area contributed by atoms with Crippen molar-refractivity contribution < 1.29 is 19.1 Å². The van der Waals surface area contributed by atoms with E-state index in [9.17, 15) is 14.4 Å². The van der Waals surface area contributed by atoms with Gasteiger partial charge in [-0.3, -0.25) is 19.3 Å². The van der Waals surface area contributed by atoms with Crippen LogP contribution in [-0.2, 0) is 22.7 Å². The van der Waals surface area contributed by atoms with Gasteiger partial charge in [-0.25, -0.2) is 9.99 Å². The molecule has 8 nitrogen and oxygen atoms in total. The summed E-state index contributed by atoms with van der Waals surface area (Å²) in [5.41, 5.74) is 2.42. The third kappa shape index (κ3) is 4.46. The Balaban J connectivity index is 1.25. The Morgan fingerprint density at radius 3 is 2.62 bits per heavy atom. The highest BCUT2D eigenvalue weighted by molar-refractivity contribution is 7.11. The molecule has 1 atom stereocenters. The number of fused-ring (bicyclic) bond motifs is 1. The molecule has 9 heteroatoms. The number of ether oxygens (including phenoxy) is 1. The molecule has 1 aromatic carbocycles. The molecule has 4 heterocycles. The molecular weight excluding hydrogens is 452 g/mol. The quantitative estimate of drug-likeness (QED) is 0.585. The molecule has 0 spiro atoms. The van der Waals surface area contributed by atoms with E-state index in [-0.39, 0.29) is 24.3 Å². The zero-order chi connectivity index (χ0) is 23.8. The van der Waals surface area contributed by atoms with Gasteiger partial charge in [0.05, 0.1) is 17.2 Å². The monoisotopic (exact) mass is 482 g/mol. The van der Waals surface area contributed by atoms with E-state index in [2.05, 4.69) is 23.7 Å². The van der Waals surface area contributed by atoms with Crippen LogP contribution < -0.4 is 4.74 Å². The molecule has 0 aliphatic carbocycles. The van der Waals surface area contributed by atoms with Crippen molar-refractivity contribution in [3.8, 4) is 5.75 Å². The molecule has 0 bridgehead atoms. The normalized spacial score (nSPS) is 21.4. The van der Waals surface area contributed by atoms with Crippen LogP contribution in [0, 0.1) is 13.8 Å². The molecule has 2 saturated heterocycles. The number of likely N-dealkylation sites (tertiary alicyclic amines) is 1. The van der Waals surface area contributed by atoms with Gasteiger partial charge in [-0.05, 0) is 63.4 Å². The standard InChI is InChI=1S/C25H30N4O4S/c1-16-22(34-17(2)26-16)14-27-11-4-3-6-19(27)15-33-20-9-10-21-18(12-20)13-28(25(21)32)29-23(30)7-5-8-24(29)31/h9-10,12,19H,3-8,11,13-15H2,1-2H3/t19-/m1/s1. The number of amides is 3. The van der Waals surface area contributed by atoms with E-state index < -0.39 is 0 Å². The summed E-state index contributed by atoms with van der Waals surface area (Å²) in [6.45, 7) is 6.87. The molecule has 0 radical (unpaired) electrons. The number of hydrogen-bond acceptors (Lipinski definition) is 7. The van der Waals surface area contributed by atoms with Crippen LogP contribution in [0.5, 0.6) is 5.75 Å². The molecular formula is C25H30N4O4S. The minimum atomic E-state index is -0.308. The predicted molar refractivity (Wildman–Crippen MR) is 127 cm³/mol. The molecule has 3 amide bonds. The number of aryl methyl sites for hydroxylation is 2. The summed E-state index contributed by atoms with van der Waals surface area (Å²) < 4.78 is 6.20. The highest BCUT2D eigenvalue weighted by Crippen LogP contribution is 2.31. The molecule has 0 saturated carbocycles. The molecule has 180 valence electrons. The van der Waals surface area contributed by atoms with E-state index in [0.717, 1.165) is 40.8 Å². The molecule has 0 N–H and O–H groups in total. The van der Waals surface area contributed by atoms with Crippen molar-refractivity contribution in [2.75, 3.05) is 13.2 Å². The fourth-order valence-electron chi connectivity index (χ4n) is 5.10. The Morgan fingerprint density at radius 2 is 1.88 bits per heavy atom. The second-order valence-electron chi connectivity index (χ2n) is 9.31. The van der Waals surface area contributed by atoms with Crippen molar-refractivity contribution in [2.24, 2.45) is 0 Å². The van der Waals surface area contributed by atoms with Gasteiger partial charge >= 0.3 is 0 Å². The Kier molecular flexibility index (Phi) is 6.40. The molecule has 5 rings (SSSR count). The summed E-state index contributed by atoms with van der Waals surface area (Å²) in [6, 6.07) is 5.75. The van der Waals surface area contributed by atoms with Crippen LogP contribution in [0.25, 0.3) is 0 Å². The number of rotatable bonds is 6. The SMILES string of the molecule is Cc1nc(C)c(CN2CCCC[C@@H]2COc2ccc3c(c2)CN(N2C(=O)CCCC2=O)C3=O)s1. The smallest absolute Gasteiger partial charge is 0.273 e. The number of hydrogen-bond donors (Lipinski definition) is 0. The van der Waals surface area contributed by atoms with Crippen LogP contribution in [0.4, 0.5) is 0 Å². The van der Waals surface area contributed by atoms with Gasteiger partial charge in [0, 0.05) is 35.9 Å². The first-order valence-corrected chi connectivity index (χ1v) is 12.8. The lowest BCUT2D eigenvalue weighted by atomic mass is 10.0. The number of carbonyl (C=O) groups excluding carboxylic acids is 3. The summed E-state index contributed by atoms with van der Waals surface area (Å²) in [5, 5.41) is 3.42. The van der Waals surface area contributed by atoms with Crippen LogP contribution >= 0.6 is 11.3 Å². The summed E-state index contributed by atoms with van der Waals surface area (Å²) in [5.74, 6) is -0.214. The van der Waals surface area contributed by atoms with E-state index in [1.165, 1.54) is 22.7 Å². The van der Waals surface area contributed by atoms with Crippen LogP contribution in [0.1, 0.15) is 70.0 Å². The van der Waals surface area contributed by atoms with E-state index in [4.69, 9.17) is 4.74 Å². The number of imide groups is 1. The van der Waals surface area contributed by atoms with Crippen LogP contribution in [0.3, 0.4) is 0 Å². The number of benzene rings is 1. The van der Waals surface area contributed by atoms with Crippen molar-refractivity contribution >= 4 is 29.1 Å². The fraction of sp³-hybridized carbons (Fsp3) is 0.520. The highest BCUT2D eigenvalue weighted by Gasteiger charge is 2.39. The lowest BCUT2D eigenvalue weighted by Crippen LogP contribution is -2.51. The molecule has 3 aliphatic heterocycles. The fourth-order valence-corrected chi connectivity index (χ4v) is 6.06. The molecule has 2 aromatic rings. The van der Waals surface area contributed by atoms with Crippen LogP contribution in [0.2, 0.25) is 0 Å². The summed E-state index contributed by atoms with van der Waals surface area (Å²) in [4.78, 5) is 45.9. The first-order valence-electron chi connectivity index (χ1n) is 12.0. The minimum Gasteiger partial charge on any atom is -0.492 e. The minimum absolute atomic E-state index is 0.211. The zero-order valence-electron chi connectivity index (χ0n) is 19.7. The maximum atomic E-state index is 12.9. The third-order valence-corrected chi connectivity index (χ3v) is 7.95. The number of thiazole rings is 1. The Morgan fingerprint density at radius 1 is 1.09 bits per heavy atom. The molecule has 0 unspecified atom stereocenters. The summed E-state index contributed by atoms with van der Waals surface area (Å²) >= 11 is 1.77. The van der Waals surface area contributed by atoms with Crippen molar-refractivity contribution in [1.29, 1.82) is 0 Å². The number of aromatic nitrogens is 1. The third-order valence-electron chi connectivity index (χ3n) is 6.89. The van der Waals surface area contributed by atoms with Gasteiger partial charge in [-0.2, -0.15) is 5.01 Å². The van der Waals surface area contributed by atoms with Gasteiger partial charge in [0.2, 0.25) is 11.8 Å². The Hall–Kier alpha value is -2.78. The van der Waals surface area contributed by atoms with Crippen molar-refractivity contribution in [2.45, 2.75) is 71.5 Å². The second kappa shape index (κ2) is 9.46. The topological polar surface area (TPSA) is 83.1 Å². The average Bonchev–Trinajstić information content (AvgIpc) is 3.30. The van der Waals surface area contributed by atoms with Crippen LogP contribution in [0.15, 0.2) is 18.2 Å². The summed E-state index contributed by atoms with van der Waals surface area (Å²) in [6.07, 6.45) is 4.60.